The van der Waals surface area contributed by atoms with Crippen molar-refractivity contribution in [3.63, 3.8) is 0 Å². The normalized spacial score (nSPS) is 15.5. The van der Waals surface area contributed by atoms with Crippen LogP contribution in [0.5, 0.6) is 0 Å². The Morgan fingerprint density at radius 1 is 0.750 bits per heavy atom. The molecule has 6 aromatic heterocycles. The molecule has 1 fully saturated rings. The van der Waals surface area contributed by atoms with Crippen LogP contribution >= 0.6 is 11.6 Å². The summed E-state index contributed by atoms with van der Waals surface area (Å²) in [6.07, 6.45) is 6.63. The predicted octanol–water partition coefficient (Wildman–Crippen LogP) is 4.81. The van der Waals surface area contributed by atoms with Gasteiger partial charge in [0.05, 0.1) is 46.2 Å². The number of pyridine rings is 2. The fraction of sp³-hybridized carbons (Fsp3) is 0.308. The zero-order chi connectivity index (χ0) is 28.5. The van der Waals surface area contributed by atoms with Crippen molar-refractivity contribution in [3.05, 3.63) is 65.7 Å². The molecule has 0 bridgehead atoms. The molecule has 7 rings (SSSR count). The number of H-pyrrole nitrogens is 2. The molecule has 206 valence electrons. The monoisotopic (exact) mass is 562 g/mol. The van der Waals surface area contributed by atoms with Gasteiger partial charge in [0.15, 0.2) is 11.3 Å². The van der Waals surface area contributed by atoms with E-state index in [1.807, 2.05) is 59.7 Å². The summed E-state index contributed by atoms with van der Waals surface area (Å²) >= 11 is 5.62. The van der Waals surface area contributed by atoms with Crippen LogP contribution in [0.15, 0.2) is 58.2 Å². The Morgan fingerprint density at radius 2 is 1.32 bits per heavy atom. The molecule has 12 nitrogen and oxygen atoms in total. The number of nitrogens with one attached hydrogen (secondary N) is 2. The Hall–Kier alpha value is -4.07. The number of halogens is 1. The number of aromatic nitrogens is 8. The fourth-order valence-electron chi connectivity index (χ4n) is 3.81. The third-order valence-corrected chi connectivity index (χ3v) is 7.10. The zero-order valence-electron chi connectivity index (χ0n) is 22.9. The molecule has 0 unspecified atom stereocenters. The molecule has 1 aliphatic heterocycles. The first-order chi connectivity index (χ1) is 19.0. The number of hydrogen-bond donors (Lipinski definition) is 2. The third-order valence-electron chi connectivity index (χ3n) is 6.89. The zero-order valence-corrected chi connectivity index (χ0v) is 23.6. The molecule has 40 heavy (non-hydrogen) atoms. The van der Waals surface area contributed by atoms with Gasteiger partial charge in [-0.05, 0) is 65.8 Å². The molecule has 1 saturated heterocycles. The number of rotatable bonds is 2. The molecule has 0 spiro atoms. The summed E-state index contributed by atoms with van der Waals surface area (Å²) in [4.78, 5) is 8.40. The summed E-state index contributed by atoms with van der Waals surface area (Å²) in [6, 6.07) is 7.50. The molecule has 0 aliphatic carbocycles. The van der Waals surface area contributed by atoms with Crippen LogP contribution in [-0.4, -0.2) is 59.0 Å². The van der Waals surface area contributed by atoms with Crippen molar-refractivity contribution < 1.29 is 18.4 Å². The Balaban J connectivity index is 0.000000124. The van der Waals surface area contributed by atoms with Crippen LogP contribution in [0.4, 0.5) is 0 Å². The Labute approximate surface area is 234 Å². The number of hydrogen-bond acceptors (Lipinski definition) is 10. The van der Waals surface area contributed by atoms with Crippen molar-refractivity contribution in [1.29, 1.82) is 0 Å². The van der Waals surface area contributed by atoms with Gasteiger partial charge in [0.25, 0.3) is 0 Å². The van der Waals surface area contributed by atoms with E-state index in [1.54, 1.807) is 31.0 Å². The van der Waals surface area contributed by atoms with E-state index in [1.165, 1.54) is 0 Å². The minimum atomic E-state index is -0.374. The molecule has 2 N–H and O–H groups in total. The average molecular weight is 563 g/mol. The lowest BCUT2D eigenvalue weighted by atomic mass is 9.80. The van der Waals surface area contributed by atoms with Crippen LogP contribution in [0, 0.1) is 13.8 Å². The second kappa shape index (κ2) is 10.8. The van der Waals surface area contributed by atoms with Crippen molar-refractivity contribution in [2.45, 2.75) is 52.7 Å². The first-order valence-corrected chi connectivity index (χ1v) is 12.9. The van der Waals surface area contributed by atoms with Gasteiger partial charge in [-0.3, -0.25) is 10.2 Å². The lowest BCUT2D eigenvalue weighted by molar-refractivity contribution is 0.00578. The van der Waals surface area contributed by atoms with Crippen molar-refractivity contribution in [3.8, 4) is 11.3 Å². The van der Waals surface area contributed by atoms with Crippen molar-refractivity contribution in [1.82, 2.24) is 40.7 Å². The van der Waals surface area contributed by atoms with Gasteiger partial charge in [-0.15, -0.1) is 0 Å². The third kappa shape index (κ3) is 5.62. The molecule has 6 aromatic rings. The molecule has 0 saturated carbocycles. The summed E-state index contributed by atoms with van der Waals surface area (Å²) in [6.45, 7) is 11.9. The summed E-state index contributed by atoms with van der Waals surface area (Å²) in [5, 5.41) is 23.4. The van der Waals surface area contributed by atoms with E-state index < -0.39 is 0 Å². The van der Waals surface area contributed by atoms with Crippen LogP contribution in [-0.2, 0) is 9.31 Å². The number of nitrogens with zero attached hydrogens (tertiary/aromatic N) is 6. The molecular weight excluding hydrogens is 535 g/mol. The van der Waals surface area contributed by atoms with Crippen LogP contribution in [0.2, 0.25) is 5.15 Å². The summed E-state index contributed by atoms with van der Waals surface area (Å²) in [7, 11) is -0.374. The maximum atomic E-state index is 5.87. The van der Waals surface area contributed by atoms with Gasteiger partial charge in [-0.25, -0.2) is 9.97 Å². The molecule has 0 radical (unpaired) electrons. The lowest BCUT2D eigenvalue weighted by Gasteiger charge is -2.32. The fourth-order valence-corrected chi connectivity index (χ4v) is 3.96. The van der Waals surface area contributed by atoms with Crippen molar-refractivity contribution in [2.24, 2.45) is 0 Å². The van der Waals surface area contributed by atoms with Crippen LogP contribution in [0.25, 0.3) is 33.3 Å². The predicted molar refractivity (Wildman–Crippen MR) is 150 cm³/mol. The van der Waals surface area contributed by atoms with Crippen molar-refractivity contribution >= 4 is 46.2 Å². The first-order valence-electron chi connectivity index (χ1n) is 12.5. The van der Waals surface area contributed by atoms with Gasteiger partial charge in [-0.1, -0.05) is 21.9 Å². The molecule has 7 heterocycles. The van der Waals surface area contributed by atoms with Gasteiger partial charge in [0.1, 0.15) is 17.7 Å². The summed E-state index contributed by atoms with van der Waals surface area (Å²) in [5.41, 5.74) is 5.13. The number of fused-ring (bicyclic) bond motifs is 2. The largest absolute Gasteiger partial charge is 0.500 e. The highest BCUT2D eigenvalue weighted by atomic mass is 35.5. The van der Waals surface area contributed by atoms with E-state index in [9.17, 15) is 0 Å². The van der Waals surface area contributed by atoms with Crippen LogP contribution in [0.3, 0.4) is 0 Å². The molecule has 0 atom stereocenters. The summed E-state index contributed by atoms with van der Waals surface area (Å²) < 4.78 is 21.5. The maximum absolute atomic E-state index is 5.87. The maximum Gasteiger partial charge on any atom is 0.500 e. The Morgan fingerprint density at radius 3 is 1.90 bits per heavy atom. The molecule has 0 aromatic carbocycles. The highest BCUT2D eigenvalue weighted by Crippen LogP contribution is 2.36. The van der Waals surface area contributed by atoms with E-state index in [-0.39, 0.29) is 18.3 Å². The Bertz CT molecular complexity index is 1720. The van der Waals surface area contributed by atoms with Crippen molar-refractivity contribution in [2.75, 3.05) is 0 Å². The Kier molecular flexibility index (Phi) is 7.45. The average Bonchev–Trinajstić information content (AvgIpc) is 3.72. The topological polar surface area (TPSA) is 154 Å². The first kappa shape index (κ1) is 27.5. The molecule has 14 heteroatoms. The molecule has 0 amide bonds. The minimum absolute atomic E-state index is 0.318. The standard InChI is InChI=1S/C10H16BNO3.C10H8N4O.C6H4ClN3/c1-7-8(6-13-12-7)11-14-9(2,3)10(4,5)15-11;1-6-8(5-15-14-6)9-3-2-7-4-11-13-10(7)12-9;7-5-2-1-4-3-8-10-6(4)9-5/h6H,1-5H3;2-5H,1H3,(H,11,12,13);1-3H,(H,8,9,10). The molecular formula is C26H28BClN8O4. The van der Waals surface area contributed by atoms with E-state index in [0.29, 0.717) is 5.15 Å². The second-order valence-corrected chi connectivity index (χ2v) is 10.6. The SMILES string of the molecule is Cc1nocc1-c1ccc2cn[nH]c2n1.Cc1nocc1B1OC(C)(C)C(C)(C)O1.Clc1ccc2cn[nH]c2n1. The smallest absolute Gasteiger partial charge is 0.399 e. The lowest BCUT2D eigenvalue weighted by Crippen LogP contribution is -2.41. The van der Waals surface area contributed by atoms with Gasteiger partial charge < -0.3 is 18.4 Å². The number of aryl methyl sites for hydroxylation is 2. The van der Waals surface area contributed by atoms with Gasteiger partial charge in [-0.2, -0.15) is 10.2 Å². The van der Waals surface area contributed by atoms with Crippen LogP contribution < -0.4 is 5.46 Å². The van der Waals surface area contributed by atoms with Gasteiger partial charge in [0.2, 0.25) is 0 Å². The highest BCUT2D eigenvalue weighted by Gasteiger charge is 2.52. The van der Waals surface area contributed by atoms with E-state index in [0.717, 1.165) is 50.2 Å². The summed E-state index contributed by atoms with van der Waals surface area (Å²) in [5.74, 6) is 0. The highest BCUT2D eigenvalue weighted by molar-refractivity contribution is 6.62. The minimum Gasteiger partial charge on any atom is -0.399 e. The van der Waals surface area contributed by atoms with E-state index in [2.05, 4.69) is 40.7 Å². The van der Waals surface area contributed by atoms with E-state index >= 15 is 0 Å². The van der Waals surface area contributed by atoms with Gasteiger partial charge in [0, 0.05) is 16.2 Å². The van der Waals surface area contributed by atoms with Gasteiger partial charge >= 0.3 is 7.12 Å². The molecule has 1 aliphatic rings. The second-order valence-electron chi connectivity index (χ2n) is 10.2. The van der Waals surface area contributed by atoms with Crippen LogP contribution in [0.1, 0.15) is 39.1 Å². The quantitative estimate of drug-likeness (QED) is 0.222. The number of aromatic amines is 2. The van der Waals surface area contributed by atoms with E-state index in [4.69, 9.17) is 30.0 Å².